The third-order valence-corrected chi connectivity index (χ3v) is 4.74. The van der Waals surface area contributed by atoms with Gasteiger partial charge in [-0.05, 0) is 71.4 Å². The van der Waals surface area contributed by atoms with Crippen molar-refractivity contribution in [2.24, 2.45) is 11.8 Å². The standard InChI is InChI=1S/C15H30N2/c1-12(2)17(11-13-7-8-13)10-9-14-5-4-6-15(14)16-3/h12-16H,4-11H2,1-3H3. The molecule has 0 aromatic heterocycles. The van der Waals surface area contributed by atoms with Gasteiger partial charge in [-0.25, -0.2) is 0 Å². The van der Waals surface area contributed by atoms with Crippen molar-refractivity contribution >= 4 is 0 Å². The molecule has 2 heteroatoms. The van der Waals surface area contributed by atoms with Crippen LogP contribution in [-0.2, 0) is 0 Å². The molecule has 2 aliphatic rings. The lowest BCUT2D eigenvalue weighted by atomic mass is 9.99. The molecule has 2 aliphatic carbocycles. The summed E-state index contributed by atoms with van der Waals surface area (Å²) < 4.78 is 0. The topological polar surface area (TPSA) is 15.3 Å². The summed E-state index contributed by atoms with van der Waals surface area (Å²) in [4.78, 5) is 2.71. The van der Waals surface area contributed by atoms with Crippen LogP contribution in [0.15, 0.2) is 0 Å². The zero-order valence-electron chi connectivity index (χ0n) is 11.9. The molecule has 0 aliphatic heterocycles. The van der Waals surface area contributed by atoms with E-state index >= 15 is 0 Å². The van der Waals surface area contributed by atoms with Crippen molar-refractivity contribution in [3.63, 3.8) is 0 Å². The normalized spacial score (nSPS) is 29.5. The molecule has 2 rings (SSSR count). The molecule has 2 nitrogen and oxygen atoms in total. The van der Waals surface area contributed by atoms with Crippen LogP contribution in [0.1, 0.15) is 52.4 Å². The molecule has 17 heavy (non-hydrogen) atoms. The van der Waals surface area contributed by atoms with Crippen molar-refractivity contribution in [2.45, 2.75) is 64.5 Å². The van der Waals surface area contributed by atoms with Crippen LogP contribution in [0.3, 0.4) is 0 Å². The lowest BCUT2D eigenvalue weighted by Gasteiger charge is -2.29. The molecule has 2 atom stereocenters. The van der Waals surface area contributed by atoms with Crippen LogP contribution in [0.4, 0.5) is 0 Å². The highest BCUT2D eigenvalue weighted by Crippen LogP contribution is 2.32. The first-order valence-electron chi connectivity index (χ1n) is 7.62. The van der Waals surface area contributed by atoms with Crippen LogP contribution in [-0.4, -0.2) is 37.1 Å². The second kappa shape index (κ2) is 6.19. The minimum atomic E-state index is 0.727. The van der Waals surface area contributed by atoms with E-state index in [1.54, 1.807) is 0 Å². The Morgan fingerprint density at radius 2 is 1.94 bits per heavy atom. The van der Waals surface area contributed by atoms with E-state index in [4.69, 9.17) is 0 Å². The van der Waals surface area contributed by atoms with Crippen molar-refractivity contribution in [3.05, 3.63) is 0 Å². The van der Waals surface area contributed by atoms with Gasteiger partial charge in [-0.1, -0.05) is 6.42 Å². The lowest BCUT2D eigenvalue weighted by molar-refractivity contribution is 0.192. The van der Waals surface area contributed by atoms with Crippen LogP contribution in [0.25, 0.3) is 0 Å². The molecule has 1 N–H and O–H groups in total. The predicted octanol–water partition coefficient (Wildman–Crippen LogP) is 2.89. The fourth-order valence-corrected chi connectivity index (χ4v) is 3.29. The molecule has 0 spiro atoms. The molecular formula is C15H30N2. The minimum absolute atomic E-state index is 0.727. The van der Waals surface area contributed by atoms with Gasteiger partial charge < -0.3 is 10.2 Å². The minimum Gasteiger partial charge on any atom is -0.317 e. The fraction of sp³-hybridized carbons (Fsp3) is 1.00. The van der Waals surface area contributed by atoms with E-state index in [1.807, 2.05) is 0 Å². The number of nitrogens with one attached hydrogen (secondary N) is 1. The number of hydrogen-bond donors (Lipinski definition) is 1. The van der Waals surface area contributed by atoms with E-state index in [-0.39, 0.29) is 0 Å². The average Bonchev–Trinajstić information content (AvgIpc) is 3.00. The Morgan fingerprint density at radius 1 is 1.18 bits per heavy atom. The molecule has 0 amide bonds. The lowest BCUT2D eigenvalue weighted by Crippen LogP contribution is -2.37. The van der Waals surface area contributed by atoms with Gasteiger partial charge in [-0.2, -0.15) is 0 Å². The zero-order chi connectivity index (χ0) is 12.3. The first kappa shape index (κ1) is 13.4. The third-order valence-electron chi connectivity index (χ3n) is 4.74. The maximum Gasteiger partial charge on any atom is 0.00928 e. The Bertz CT molecular complexity index is 223. The highest BCUT2D eigenvalue weighted by Gasteiger charge is 2.28. The van der Waals surface area contributed by atoms with Gasteiger partial charge in [0.15, 0.2) is 0 Å². The number of nitrogens with zero attached hydrogens (tertiary/aromatic N) is 1. The molecule has 100 valence electrons. The molecule has 0 saturated heterocycles. The molecular weight excluding hydrogens is 208 g/mol. The van der Waals surface area contributed by atoms with Crippen LogP contribution in [0.5, 0.6) is 0 Å². The predicted molar refractivity (Wildman–Crippen MR) is 74.2 cm³/mol. The highest BCUT2D eigenvalue weighted by atomic mass is 15.1. The van der Waals surface area contributed by atoms with Gasteiger partial charge in [0.2, 0.25) is 0 Å². The van der Waals surface area contributed by atoms with Crippen LogP contribution in [0.2, 0.25) is 0 Å². The summed E-state index contributed by atoms with van der Waals surface area (Å²) in [6, 6.07) is 1.52. The van der Waals surface area contributed by atoms with Crippen LogP contribution in [0, 0.1) is 11.8 Å². The van der Waals surface area contributed by atoms with Gasteiger partial charge in [0, 0.05) is 18.6 Å². The summed E-state index contributed by atoms with van der Waals surface area (Å²) in [5.41, 5.74) is 0. The zero-order valence-corrected chi connectivity index (χ0v) is 11.9. The molecule has 2 saturated carbocycles. The summed E-state index contributed by atoms with van der Waals surface area (Å²) >= 11 is 0. The largest absolute Gasteiger partial charge is 0.317 e. The Kier molecular flexibility index (Phi) is 4.87. The summed E-state index contributed by atoms with van der Waals surface area (Å²) in [5.74, 6) is 1.96. The second-order valence-corrected chi connectivity index (χ2v) is 6.41. The highest BCUT2D eigenvalue weighted by molar-refractivity contribution is 4.84. The molecule has 0 bridgehead atoms. The quantitative estimate of drug-likeness (QED) is 0.733. The van der Waals surface area contributed by atoms with Crippen LogP contribution < -0.4 is 5.32 Å². The maximum atomic E-state index is 3.50. The van der Waals surface area contributed by atoms with E-state index in [0.29, 0.717) is 0 Å². The Balaban J connectivity index is 1.73. The van der Waals surface area contributed by atoms with Gasteiger partial charge in [-0.15, -0.1) is 0 Å². The molecule has 0 radical (unpaired) electrons. The van der Waals surface area contributed by atoms with Crippen LogP contribution >= 0.6 is 0 Å². The Labute approximate surface area is 107 Å². The Hall–Kier alpha value is -0.0800. The maximum absolute atomic E-state index is 3.50. The third kappa shape index (κ3) is 3.96. The van der Waals surface area contributed by atoms with Crippen molar-refractivity contribution in [2.75, 3.05) is 20.1 Å². The summed E-state index contributed by atoms with van der Waals surface area (Å²) in [6.45, 7) is 7.38. The number of hydrogen-bond acceptors (Lipinski definition) is 2. The van der Waals surface area contributed by atoms with Gasteiger partial charge in [-0.3, -0.25) is 0 Å². The summed E-state index contributed by atoms with van der Waals surface area (Å²) in [5, 5.41) is 3.50. The van der Waals surface area contributed by atoms with Gasteiger partial charge >= 0.3 is 0 Å². The van der Waals surface area contributed by atoms with Gasteiger partial charge in [0.1, 0.15) is 0 Å². The molecule has 0 heterocycles. The molecule has 0 aromatic rings. The smallest absolute Gasteiger partial charge is 0.00928 e. The van der Waals surface area contributed by atoms with Crippen molar-refractivity contribution < 1.29 is 0 Å². The van der Waals surface area contributed by atoms with E-state index in [1.165, 1.54) is 51.6 Å². The first-order chi connectivity index (χ1) is 8.20. The molecule has 2 unspecified atom stereocenters. The monoisotopic (exact) mass is 238 g/mol. The van der Waals surface area contributed by atoms with E-state index in [2.05, 4.69) is 31.1 Å². The summed E-state index contributed by atoms with van der Waals surface area (Å²) in [7, 11) is 2.13. The SMILES string of the molecule is CNC1CCCC1CCN(CC1CC1)C(C)C. The van der Waals surface area contributed by atoms with E-state index in [9.17, 15) is 0 Å². The Morgan fingerprint density at radius 3 is 2.53 bits per heavy atom. The first-order valence-corrected chi connectivity index (χ1v) is 7.62. The second-order valence-electron chi connectivity index (χ2n) is 6.41. The number of rotatable bonds is 7. The van der Waals surface area contributed by atoms with Gasteiger partial charge in [0.25, 0.3) is 0 Å². The fourth-order valence-electron chi connectivity index (χ4n) is 3.29. The average molecular weight is 238 g/mol. The van der Waals surface area contributed by atoms with Crippen molar-refractivity contribution in [1.82, 2.24) is 10.2 Å². The molecule has 0 aromatic carbocycles. The van der Waals surface area contributed by atoms with E-state index in [0.717, 1.165) is 23.9 Å². The summed E-state index contributed by atoms with van der Waals surface area (Å²) in [6.07, 6.45) is 8.63. The molecule has 2 fully saturated rings. The van der Waals surface area contributed by atoms with Crippen molar-refractivity contribution in [1.29, 1.82) is 0 Å². The van der Waals surface area contributed by atoms with Gasteiger partial charge in [0.05, 0.1) is 0 Å². The van der Waals surface area contributed by atoms with Crippen molar-refractivity contribution in [3.8, 4) is 0 Å². The van der Waals surface area contributed by atoms with E-state index < -0.39 is 0 Å².